The molecule has 3 amide bonds. The third-order valence-electron chi connectivity index (χ3n) is 3.95. The fraction of sp³-hybridized carbons (Fsp3) is 0.158. The first-order valence-corrected chi connectivity index (χ1v) is 8.46. The van der Waals surface area contributed by atoms with E-state index in [0.717, 1.165) is 4.90 Å². The second-order valence-electron chi connectivity index (χ2n) is 5.87. The van der Waals surface area contributed by atoms with Crippen molar-refractivity contribution in [3.8, 4) is 0 Å². The van der Waals surface area contributed by atoms with Crippen molar-refractivity contribution in [1.29, 1.82) is 0 Å². The van der Waals surface area contributed by atoms with Gasteiger partial charge >= 0.3 is 5.97 Å². The number of hydrogen-bond donors (Lipinski definition) is 1. The van der Waals surface area contributed by atoms with E-state index < -0.39 is 36.3 Å². The molecule has 1 unspecified atom stereocenters. The normalized spacial score (nSPS) is 13.9. The summed E-state index contributed by atoms with van der Waals surface area (Å²) in [6, 6.07) is 12.7. The number of fused-ring (bicyclic) bond motifs is 1. The van der Waals surface area contributed by atoms with Gasteiger partial charge in [-0.2, -0.15) is 0 Å². The van der Waals surface area contributed by atoms with E-state index in [1.165, 1.54) is 19.1 Å². The highest BCUT2D eigenvalue weighted by atomic mass is 35.5. The molecule has 0 aliphatic carbocycles. The molecule has 7 nitrogen and oxygen atoms in total. The molecule has 1 N–H and O–H groups in total. The molecule has 0 bridgehead atoms. The Morgan fingerprint density at radius 2 is 1.59 bits per heavy atom. The lowest BCUT2D eigenvalue weighted by atomic mass is 10.1. The van der Waals surface area contributed by atoms with Crippen LogP contribution in [0.5, 0.6) is 0 Å². The maximum Gasteiger partial charge on any atom is 0.326 e. The fourth-order valence-corrected chi connectivity index (χ4v) is 2.70. The van der Waals surface area contributed by atoms with Gasteiger partial charge in [-0.25, -0.2) is 0 Å². The highest BCUT2D eigenvalue weighted by Crippen LogP contribution is 2.22. The predicted molar refractivity (Wildman–Crippen MR) is 97.4 cm³/mol. The molecule has 27 heavy (non-hydrogen) atoms. The van der Waals surface area contributed by atoms with Crippen LogP contribution in [-0.4, -0.2) is 41.2 Å². The first kappa shape index (κ1) is 18.6. The van der Waals surface area contributed by atoms with Crippen molar-refractivity contribution in [3.63, 3.8) is 0 Å². The summed E-state index contributed by atoms with van der Waals surface area (Å²) in [5.74, 6) is -2.53. The number of nitrogens with zero attached hydrogens (tertiary/aromatic N) is 1. The van der Waals surface area contributed by atoms with Crippen molar-refractivity contribution < 1.29 is 23.9 Å². The van der Waals surface area contributed by atoms with Gasteiger partial charge in [0.15, 0.2) is 6.10 Å². The third-order valence-corrected chi connectivity index (χ3v) is 4.21. The quantitative estimate of drug-likeness (QED) is 0.629. The number of carbonyl (C=O) groups is 4. The van der Waals surface area contributed by atoms with Crippen molar-refractivity contribution in [1.82, 2.24) is 4.90 Å². The van der Waals surface area contributed by atoms with Crippen LogP contribution in [-0.2, 0) is 14.3 Å². The maximum atomic E-state index is 12.2. The molecular formula is C19H15ClN2O5. The van der Waals surface area contributed by atoms with Crippen LogP contribution in [0.3, 0.4) is 0 Å². The SMILES string of the molecule is CC(OC(=O)CN1C(=O)c2ccccc2C1=O)C(=O)Nc1ccc(Cl)cc1. The molecule has 0 spiro atoms. The number of carbonyl (C=O) groups excluding carboxylic acids is 4. The number of nitrogens with one attached hydrogen (secondary N) is 1. The number of anilines is 1. The number of hydrogen-bond acceptors (Lipinski definition) is 5. The van der Waals surface area contributed by atoms with Gasteiger partial charge in [-0.15, -0.1) is 0 Å². The third kappa shape index (κ3) is 3.98. The standard InChI is InChI=1S/C19H15ClN2O5/c1-11(17(24)21-13-8-6-12(20)7-9-13)27-16(23)10-22-18(25)14-4-2-3-5-15(14)19(22)26/h2-9,11H,10H2,1H3,(H,21,24). The van der Waals surface area contributed by atoms with Gasteiger partial charge < -0.3 is 10.1 Å². The second-order valence-corrected chi connectivity index (χ2v) is 6.31. The number of ether oxygens (including phenoxy) is 1. The Labute approximate surface area is 159 Å². The molecule has 2 aromatic rings. The highest BCUT2D eigenvalue weighted by molar-refractivity contribution is 6.30. The zero-order valence-electron chi connectivity index (χ0n) is 14.3. The molecular weight excluding hydrogens is 372 g/mol. The topological polar surface area (TPSA) is 92.8 Å². The molecule has 1 atom stereocenters. The predicted octanol–water partition coefficient (Wildman–Crippen LogP) is 2.51. The van der Waals surface area contributed by atoms with Crippen molar-refractivity contribution in [3.05, 3.63) is 64.7 Å². The molecule has 8 heteroatoms. The Bertz CT molecular complexity index is 891. The van der Waals surface area contributed by atoms with Crippen molar-refractivity contribution in [2.24, 2.45) is 0 Å². The molecule has 0 saturated carbocycles. The minimum Gasteiger partial charge on any atom is -0.451 e. The van der Waals surface area contributed by atoms with Gasteiger partial charge in [-0.1, -0.05) is 23.7 Å². The molecule has 0 radical (unpaired) electrons. The Kier molecular flexibility index (Phi) is 5.23. The first-order valence-electron chi connectivity index (χ1n) is 8.08. The van der Waals surface area contributed by atoms with Crippen LogP contribution in [0.25, 0.3) is 0 Å². The monoisotopic (exact) mass is 386 g/mol. The number of benzene rings is 2. The summed E-state index contributed by atoms with van der Waals surface area (Å²) in [5, 5.41) is 3.10. The molecule has 0 saturated heterocycles. The highest BCUT2D eigenvalue weighted by Gasteiger charge is 2.37. The summed E-state index contributed by atoms with van der Waals surface area (Å²) in [7, 11) is 0. The number of esters is 1. The van der Waals surface area contributed by atoms with E-state index in [-0.39, 0.29) is 11.1 Å². The summed E-state index contributed by atoms with van der Waals surface area (Å²) >= 11 is 5.78. The van der Waals surface area contributed by atoms with Gasteiger partial charge in [0.2, 0.25) is 0 Å². The van der Waals surface area contributed by atoms with Crippen LogP contribution in [0.1, 0.15) is 27.6 Å². The lowest BCUT2D eigenvalue weighted by molar-refractivity contribution is -0.153. The van der Waals surface area contributed by atoms with Crippen LogP contribution < -0.4 is 5.32 Å². The Balaban J connectivity index is 1.57. The second kappa shape index (κ2) is 7.59. The zero-order chi connectivity index (χ0) is 19.6. The minimum absolute atomic E-state index is 0.240. The summed E-state index contributed by atoms with van der Waals surface area (Å²) in [5.41, 5.74) is 0.973. The molecule has 138 valence electrons. The first-order chi connectivity index (χ1) is 12.9. The van der Waals surface area contributed by atoms with Crippen LogP contribution >= 0.6 is 11.6 Å². The van der Waals surface area contributed by atoms with Gasteiger partial charge in [0.25, 0.3) is 17.7 Å². The van der Waals surface area contributed by atoms with Crippen LogP contribution in [0, 0.1) is 0 Å². The fourth-order valence-electron chi connectivity index (χ4n) is 2.58. The van der Waals surface area contributed by atoms with Crippen LogP contribution in [0.15, 0.2) is 48.5 Å². The van der Waals surface area contributed by atoms with Crippen LogP contribution in [0.2, 0.25) is 5.02 Å². The Hall–Kier alpha value is -3.19. The van der Waals surface area contributed by atoms with Crippen molar-refractivity contribution in [2.45, 2.75) is 13.0 Å². The average Bonchev–Trinajstić information content (AvgIpc) is 2.89. The average molecular weight is 387 g/mol. The van der Waals surface area contributed by atoms with Crippen molar-refractivity contribution in [2.75, 3.05) is 11.9 Å². The van der Waals surface area contributed by atoms with Gasteiger partial charge in [0, 0.05) is 10.7 Å². The molecule has 3 rings (SSSR count). The summed E-state index contributed by atoms with van der Waals surface area (Å²) < 4.78 is 5.04. The molecule has 1 aliphatic heterocycles. The van der Waals surface area contributed by atoms with Crippen LogP contribution in [0.4, 0.5) is 5.69 Å². The molecule has 2 aromatic carbocycles. The van der Waals surface area contributed by atoms with E-state index in [1.807, 2.05) is 0 Å². The number of halogens is 1. The lowest BCUT2D eigenvalue weighted by Crippen LogP contribution is -2.38. The summed E-state index contributed by atoms with van der Waals surface area (Å²) in [6.45, 7) is 0.830. The largest absolute Gasteiger partial charge is 0.451 e. The Morgan fingerprint density at radius 3 is 2.15 bits per heavy atom. The van der Waals surface area contributed by atoms with Gasteiger partial charge in [-0.3, -0.25) is 24.1 Å². The van der Waals surface area contributed by atoms with E-state index in [2.05, 4.69) is 5.32 Å². The van der Waals surface area contributed by atoms with Gasteiger partial charge in [0.1, 0.15) is 6.54 Å². The van der Waals surface area contributed by atoms with E-state index in [1.54, 1.807) is 36.4 Å². The number of rotatable bonds is 5. The minimum atomic E-state index is -1.11. The maximum absolute atomic E-state index is 12.2. The number of imide groups is 1. The van der Waals surface area contributed by atoms with Crippen molar-refractivity contribution >= 4 is 41.0 Å². The molecule has 0 fully saturated rings. The van der Waals surface area contributed by atoms with E-state index >= 15 is 0 Å². The zero-order valence-corrected chi connectivity index (χ0v) is 15.0. The molecule has 0 aromatic heterocycles. The van der Waals surface area contributed by atoms with Gasteiger partial charge in [0.05, 0.1) is 11.1 Å². The van der Waals surface area contributed by atoms with E-state index in [0.29, 0.717) is 10.7 Å². The van der Waals surface area contributed by atoms with E-state index in [9.17, 15) is 19.2 Å². The molecule has 1 heterocycles. The smallest absolute Gasteiger partial charge is 0.326 e. The van der Waals surface area contributed by atoms with Gasteiger partial charge in [-0.05, 0) is 43.3 Å². The number of amides is 3. The lowest BCUT2D eigenvalue weighted by Gasteiger charge is -2.16. The Morgan fingerprint density at radius 1 is 1.04 bits per heavy atom. The summed E-state index contributed by atoms with van der Waals surface area (Å²) in [4.78, 5) is 49.5. The van der Waals surface area contributed by atoms with E-state index in [4.69, 9.17) is 16.3 Å². The molecule has 1 aliphatic rings. The summed E-state index contributed by atoms with van der Waals surface area (Å²) in [6.07, 6.45) is -1.11.